The van der Waals surface area contributed by atoms with Crippen LogP contribution in [0.1, 0.15) is 30.3 Å². The van der Waals surface area contributed by atoms with Crippen LogP contribution in [0.2, 0.25) is 0 Å². The van der Waals surface area contributed by atoms with E-state index in [9.17, 15) is 9.90 Å². The summed E-state index contributed by atoms with van der Waals surface area (Å²) in [5.74, 6) is 1.60. The van der Waals surface area contributed by atoms with Gasteiger partial charge in [-0.1, -0.05) is 11.8 Å². The van der Waals surface area contributed by atoms with Gasteiger partial charge in [-0.15, -0.1) is 10.2 Å². The first-order valence-electron chi connectivity index (χ1n) is 7.42. The van der Waals surface area contributed by atoms with E-state index in [4.69, 9.17) is 4.42 Å². The molecule has 2 heterocycles. The van der Waals surface area contributed by atoms with Gasteiger partial charge >= 0.3 is 5.63 Å². The van der Waals surface area contributed by atoms with E-state index in [-0.39, 0.29) is 5.75 Å². The standard InChI is InChI=1S/C16H15N3O3S/c1-9-17-18-16(19(9)11-2-3-11)23-8-10-6-15(21)22-14-7-12(20)4-5-13(10)14/h4-7,11,20H,2-3,8H2,1H3. The molecule has 0 aliphatic heterocycles. The SMILES string of the molecule is Cc1nnc(SCc2cc(=O)oc3cc(O)ccc23)n1C1CC1. The maximum atomic E-state index is 11.7. The molecule has 2 aromatic heterocycles. The summed E-state index contributed by atoms with van der Waals surface area (Å²) < 4.78 is 7.32. The molecule has 1 fully saturated rings. The fourth-order valence-electron chi connectivity index (χ4n) is 2.68. The van der Waals surface area contributed by atoms with Crippen molar-refractivity contribution >= 4 is 22.7 Å². The first-order valence-corrected chi connectivity index (χ1v) is 8.40. The summed E-state index contributed by atoms with van der Waals surface area (Å²) in [7, 11) is 0. The molecule has 0 radical (unpaired) electrons. The molecule has 3 aromatic rings. The number of aromatic nitrogens is 3. The van der Waals surface area contributed by atoms with E-state index in [1.807, 2.05) is 6.92 Å². The molecule has 0 amide bonds. The van der Waals surface area contributed by atoms with Crippen molar-refractivity contribution in [2.24, 2.45) is 0 Å². The Morgan fingerprint density at radius 2 is 2.17 bits per heavy atom. The topological polar surface area (TPSA) is 81.2 Å². The monoisotopic (exact) mass is 329 g/mol. The maximum Gasteiger partial charge on any atom is 0.336 e. The number of hydrogen-bond acceptors (Lipinski definition) is 6. The number of phenolic OH excluding ortho intramolecular Hbond substituents is 1. The number of phenols is 1. The molecule has 6 nitrogen and oxygen atoms in total. The molecule has 1 N–H and O–H groups in total. The molecule has 0 atom stereocenters. The zero-order valence-electron chi connectivity index (χ0n) is 12.5. The van der Waals surface area contributed by atoms with Crippen LogP contribution in [-0.4, -0.2) is 19.9 Å². The molecule has 118 valence electrons. The van der Waals surface area contributed by atoms with Crippen LogP contribution in [0, 0.1) is 6.92 Å². The summed E-state index contributed by atoms with van der Waals surface area (Å²) in [5, 5.41) is 19.6. The molecule has 1 saturated carbocycles. The molecule has 1 aliphatic carbocycles. The van der Waals surface area contributed by atoms with Crippen LogP contribution < -0.4 is 5.63 Å². The summed E-state index contributed by atoms with van der Waals surface area (Å²) >= 11 is 1.56. The van der Waals surface area contributed by atoms with Crippen LogP contribution in [0.4, 0.5) is 0 Å². The van der Waals surface area contributed by atoms with E-state index in [0.717, 1.165) is 21.9 Å². The minimum atomic E-state index is -0.418. The van der Waals surface area contributed by atoms with Crippen molar-refractivity contribution in [2.45, 2.75) is 36.7 Å². The minimum absolute atomic E-state index is 0.0783. The van der Waals surface area contributed by atoms with Gasteiger partial charge in [-0.3, -0.25) is 0 Å². The van der Waals surface area contributed by atoms with E-state index in [0.29, 0.717) is 17.4 Å². The zero-order valence-corrected chi connectivity index (χ0v) is 13.3. The van der Waals surface area contributed by atoms with Gasteiger partial charge in [-0.25, -0.2) is 4.79 Å². The molecule has 1 aromatic carbocycles. The Morgan fingerprint density at radius 1 is 1.35 bits per heavy atom. The van der Waals surface area contributed by atoms with Crippen molar-refractivity contribution in [1.29, 1.82) is 0 Å². The highest BCUT2D eigenvalue weighted by Gasteiger charge is 2.28. The molecule has 4 rings (SSSR count). The third kappa shape index (κ3) is 2.72. The van der Waals surface area contributed by atoms with Gasteiger partial charge in [-0.2, -0.15) is 0 Å². The van der Waals surface area contributed by atoms with Crippen molar-refractivity contribution < 1.29 is 9.52 Å². The van der Waals surface area contributed by atoms with Crippen molar-refractivity contribution in [3.63, 3.8) is 0 Å². The lowest BCUT2D eigenvalue weighted by Crippen LogP contribution is -2.01. The predicted octanol–water partition coefficient (Wildman–Crippen LogP) is 3.03. The van der Waals surface area contributed by atoms with E-state index in [1.54, 1.807) is 23.9 Å². The smallest absolute Gasteiger partial charge is 0.336 e. The number of aromatic hydroxyl groups is 1. The lowest BCUT2D eigenvalue weighted by molar-refractivity contribution is 0.473. The third-order valence-corrected chi connectivity index (χ3v) is 4.91. The quantitative estimate of drug-likeness (QED) is 0.585. The summed E-state index contributed by atoms with van der Waals surface area (Å²) in [6.07, 6.45) is 2.34. The van der Waals surface area contributed by atoms with Crippen LogP contribution in [0.3, 0.4) is 0 Å². The second-order valence-corrected chi connectivity index (χ2v) is 6.63. The fraction of sp³-hybridized carbons (Fsp3) is 0.312. The first-order chi connectivity index (χ1) is 11.1. The number of nitrogens with zero attached hydrogens (tertiary/aromatic N) is 3. The van der Waals surface area contributed by atoms with Crippen LogP contribution in [0.5, 0.6) is 5.75 Å². The van der Waals surface area contributed by atoms with Crippen LogP contribution in [-0.2, 0) is 5.75 Å². The van der Waals surface area contributed by atoms with E-state index in [2.05, 4.69) is 14.8 Å². The molecule has 0 unspecified atom stereocenters. The van der Waals surface area contributed by atoms with Crippen LogP contribution in [0.15, 0.2) is 38.6 Å². The van der Waals surface area contributed by atoms with Crippen molar-refractivity contribution in [3.05, 3.63) is 46.1 Å². The molecule has 1 aliphatic rings. The summed E-state index contributed by atoms with van der Waals surface area (Å²) in [6.45, 7) is 1.96. The third-order valence-electron chi connectivity index (χ3n) is 3.92. The van der Waals surface area contributed by atoms with E-state index in [1.165, 1.54) is 25.0 Å². The van der Waals surface area contributed by atoms with E-state index < -0.39 is 5.63 Å². The van der Waals surface area contributed by atoms with Gasteiger partial charge in [0, 0.05) is 29.3 Å². The van der Waals surface area contributed by atoms with Crippen molar-refractivity contribution in [3.8, 4) is 5.75 Å². The number of benzene rings is 1. The predicted molar refractivity (Wildman–Crippen MR) is 86.7 cm³/mol. The van der Waals surface area contributed by atoms with Gasteiger partial charge in [0.15, 0.2) is 5.16 Å². The Kier molecular flexibility index (Phi) is 3.37. The normalized spacial score (nSPS) is 14.5. The second kappa shape index (κ2) is 5.42. The summed E-state index contributed by atoms with van der Waals surface area (Å²) in [6, 6.07) is 6.83. The van der Waals surface area contributed by atoms with Crippen molar-refractivity contribution in [2.75, 3.05) is 0 Å². The number of thioether (sulfide) groups is 1. The molecular formula is C16H15N3O3S. The lowest BCUT2D eigenvalue weighted by atomic mass is 10.1. The highest BCUT2D eigenvalue weighted by Crippen LogP contribution is 2.39. The van der Waals surface area contributed by atoms with Gasteiger partial charge in [0.05, 0.1) is 0 Å². The Hall–Kier alpha value is -2.28. The number of rotatable bonds is 4. The van der Waals surface area contributed by atoms with Crippen LogP contribution in [0.25, 0.3) is 11.0 Å². The maximum absolute atomic E-state index is 11.7. The molecule has 0 spiro atoms. The van der Waals surface area contributed by atoms with Crippen molar-refractivity contribution in [1.82, 2.24) is 14.8 Å². The highest BCUT2D eigenvalue weighted by atomic mass is 32.2. The summed E-state index contributed by atoms with van der Waals surface area (Å²) in [4.78, 5) is 11.7. The number of aryl methyl sites for hydroxylation is 1. The second-order valence-electron chi connectivity index (χ2n) is 5.69. The molecule has 0 saturated heterocycles. The fourth-order valence-corrected chi connectivity index (χ4v) is 3.72. The lowest BCUT2D eigenvalue weighted by Gasteiger charge is -2.08. The zero-order chi connectivity index (χ0) is 16.0. The Bertz CT molecular complexity index is 943. The number of hydrogen-bond donors (Lipinski definition) is 1. The Balaban J connectivity index is 1.67. The average molecular weight is 329 g/mol. The average Bonchev–Trinajstić information content (AvgIpc) is 3.27. The molecule has 23 heavy (non-hydrogen) atoms. The van der Waals surface area contributed by atoms with Gasteiger partial charge in [0.25, 0.3) is 0 Å². The summed E-state index contributed by atoms with van der Waals surface area (Å²) in [5.41, 5.74) is 0.843. The Labute approximate surface area is 136 Å². The Morgan fingerprint density at radius 3 is 2.96 bits per heavy atom. The van der Waals surface area contributed by atoms with Gasteiger partial charge in [-0.05, 0) is 37.5 Å². The molecular weight excluding hydrogens is 314 g/mol. The first kappa shape index (κ1) is 14.3. The highest BCUT2D eigenvalue weighted by molar-refractivity contribution is 7.98. The largest absolute Gasteiger partial charge is 0.508 e. The van der Waals surface area contributed by atoms with E-state index >= 15 is 0 Å². The van der Waals surface area contributed by atoms with Crippen LogP contribution >= 0.6 is 11.8 Å². The van der Waals surface area contributed by atoms with Gasteiger partial charge < -0.3 is 14.1 Å². The van der Waals surface area contributed by atoms with Gasteiger partial charge in [0.1, 0.15) is 17.2 Å². The molecule has 7 heteroatoms. The minimum Gasteiger partial charge on any atom is -0.508 e. The van der Waals surface area contributed by atoms with Gasteiger partial charge in [0.2, 0.25) is 0 Å². The number of fused-ring (bicyclic) bond motifs is 1. The molecule has 0 bridgehead atoms.